The number of hydrogen-bond acceptors (Lipinski definition) is 5. The van der Waals surface area contributed by atoms with Gasteiger partial charge in [0, 0.05) is 36.3 Å². The molecule has 2 bridgehead atoms. The van der Waals surface area contributed by atoms with Crippen LogP contribution in [0.4, 0.5) is 13.2 Å². The van der Waals surface area contributed by atoms with Gasteiger partial charge in [0.1, 0.15) is 5.82 Å². The number of amides is 1. The summed E-state index contributed by atoms with van der Waals surface area (Å²) in [5.41, 5.74) is 6.96. The van der Waals surface area contributed by atoms with E-state index in [1.54, 1.807) is 24.0 Å². The van der Waals surface area contributed by atoms with Crippen molar-refractivity contribution in [3.8, 4) is 0 Å². The summed E-state index contributed by atoms with van der Waals surface area (Å²) >= 11 is 0. The van der Waals surface area contributed by atoms with Crippen molar-refractivity contribution in [3.63, 3.8) is 0 Å². The first-order valence-electron chi connectivity index (χ1n) is 11.4. The van der Waals surface area contributed by atoms with Crippen LogP contribution in [0, 0.1) is 30.3 Å². The fourth-order valence-corrected chi connectivity index (χ4v) is 6.48. The number of rotatable bonds is 7. The maximum absolute atomic E-state index is 14.0. The van der Waals surface area contributed by atoms with Gasteiger partial charge in [0.05, 0.1) is 5.75 Å². The van der Waals surface area contributed by atoms with Gasteiger partial charge >= 0.3 is 0 Å². The Bertz CT molecular complexity index is 1180. The molecule has 0 radical (unpaired) electrons. The molecule has 2 aliphatic rings. The Kier molecular flexibility index (Phi) is 7.00. The summed E-state index contributed by atoms with van der Waals surface area (Å²) in [6.45, 7) is 1.71. The monoisotopic (exact) mass is 495 g/mol. The molecule has 0 spiro atoms. The minimum atomic E-state index is -3.67. The minimum Gasteiger partial charge on any atom is -0.337 e. The molecule has 1 aromatic carbocycles. The van der Waals surface area contributed by atoms with Crippen LogP contribution in [0.15, 0.2) is 35.4 Å². The molecule has 2 aromatic rings. The highest BCUT2D eigenvalue weighted by atomic mass is 32.2. The van der Waals surface area contributed by atoms with Crippen molar-refractivity contribution in [2.75, 3.05) is 5.75 Å². The van der Waals surface area contributed by atoms with E-state index in [2.05, 4.69) is 4.98 Å². The second-order valence-corrected chi connectivity index (χ2v) is 11.4. The summed E-state index contributed by atoms with van der Waals surface area (Å²) in [6.07, 6.45) is 2.77. The van der Waals surface area contributed by atoms with E-state index in [1.807, 2.05) is 0 Å². The molecule has 1 unspecified atom stereocenters. The fourth-order valence-electron chi connectivity index (χ4n) is 5.26. The van der Waals surface area contributed by atoms with E-state index in [-0.39, 0.29) is 53.1 Å². The highest BCUT2D eigenvalue weighted by molar-refractivity contribution is 7.91. The van der Waals surface area contributed by atoms with Crippen LogP contribution in [0.5, 0.6) is 0 Å². The van der Waals surface area contributed by atoms with Crippen molar-refractivity contribution in [2.45, 2.75) is 68.6 Å². The zero-order valence-electron chi connectivity index (χ0n) is 18.9. The number of nitrogens with zero attached hydrogens (tertiary/aromatic N) is 2. The van der Waals surface area contributed by atoms with Crippen LogP contribution >= 0.6 is 0 Å². The number of fused-ring (bicyclic) bond motifs is 2. The third-order valence-corrected chi connectivity index (χ3v) is 8.58. The van der Waals surface area contributed by atoms with E-state index in [1.165, 1.54) is 6.07 Å². The van der Waals surface area contributed by atoms with E-state index < -0.39 is 33.3 Å². The standard InChI is InChI=1S/C24H28F3N3O3S/c1-14-3-2-4-23(29-14)34(32,33)8-7-24(31)30-17-5-6-18(30)10-16(9-17)22(28)12-15-11-20(26)21(27)13-19(15)25/h2-4,11,13,16-18,22H,5-10,12,28H2,1H3/t16-,17-,18+,22?. The van der Waals surface area contributed by atoms with Crippen LogP contribution in [0.25, 0.3) is 0 Å². The van der Waals surface area contributed by atoms with E-state index in [0.717, 1.165) is 18.9 Å². The molecule has 34 heavy (non-hydrogen) atoms. The zero-order chi connectivity index (χ0) is 24.6. The molecule has 1 aromatic heterocycles. The summed E-state index contributed by atoms with van der Waals surface area (Å²) in [4.78, 5) is 18.8. The molecule has 10 heteroatoms. The molecular formula is C24H28F3N3O3S. The largest absolute Gasteiger partial charge is 0.337 e. The van der Waals surface area contributed by atoms with Crippen LogP contribution in [0.2, 0.25) is 0 Å². The first-order valence-corrected chi connectivity index (χ1v) is 13.1. The normalized spacial score (nSPS) is 23.2. The van der Waals surface area contributed by atoms with Gasteiger partial charge in [-0.25, -0.2) is 26.6 Å². The van der Waals surface area contributed by atoms with Gasteiger partial charge in [0.25, 0.3) is 0 Å². The third kappa shape index (κ3) is 5.12. The fraction of sp³-hybridized carbons (Fsp3) is 0.500. The van der Waals surface area contributed by atoms with Gasteiger partial charge in [0.2, 0.25) is 5.91 Å². The Morgan fingerprint density at radius 3 is 2.41 bits per heavy atom. The van der Waals surface area contributed by atoms with Gasteiger partial charge in [-0.3, -0.25) is 4.79 Å². The Morgan fingerprint density at radius 1 is 1.12 bits per heavy atom. The molecule has 4 atom stereocenters. The number of carbonyl (C=O) groups excluding carboxylic acids is 1. The maximum Gasteiger partial charge on any atom is 0.224 e. The predicted octanol–water partition coefficient (Wildman–Crippen LogP) is 3.31. The van der Waals surface area contributed by atoms with E-state index in [0.29, 0.717) is 24.6 Å². The lowest BCUT2D eigenvalue weighted by molar-refractivity contribution is -0.136. The van der Waals surface area contributed by atoms with Crippen LogP contribution in [0.3, 0.4) is 0 Å². The van der Waals surface area contributed by atoms with Gasteiger partial charge in [-0.1, -0.05) is 6.07 Å². The number of halogens is 3. The predicted molar refractivity (Wildman–Crippen MR) is 120 cm³/mol. The third-order valence-electron chi connectivity index (χ3n) is 6.97. The lowest BCUT2D eigenvalue weighted by atomic mass is 9.82. The average Bonchev–Trinajstić information content (AvgIpc) is 3.05. The highest BCUT2D eigenvalue weighted by Crippen LogP contribution is 2.40. The number of carbonyl (C=O) groups is 1. The number of aryl methyl sites for hydroxylation is 1. The van der Waals surface area contributed by atoms with Crippen molar-refractivity contribution in [3.05, 3.63) is 59.0 Å². The van der Waals surface area contributed by atoms with Gasteiger partial charge < -0.3 is 10.6 Å². The number of piperidine rings is 1. The van der Waals surface area contributed by atoms with E-state index in [9.17, 15) is 26.4 Å². The first-order chi connectivity index (χ1) is 16.0. The second kappa shape index (κ2) is 9.65. The Morgan fingerprint density at radius 2 is 1.76 bits per heavy atom. The average molecular weight is 496 g/mol. The number of nitrogens with two attached hydrogens (primary N) is 1. The molecule has 4 rings (SSSR count). The number of hydrogen-bond donors (Lipinski definition) is 1. The SMILES string of the molecule is Cc1cccc(S(=O)(=O)CCC(=O)N2[C@@H]3CC[C@H]2C[C@H](C(N)Cc2cc(F)c(F)cc2F)C3)n1. The van der Waals surface area contributed by atoms with Crippen LogP contribution in [-0.4, -0.2) is 48.1 Å². The minimum absolute atomic E-state index is 0.00529. The molecule has 6 nitrogen and oxygen atoms in total. The van der Waals surface area contributed by atoms with Crippen molar-refractivity contribution in [1.82, 2.24) is 9.88 Å². The summed E-state index contributed by atoms with van der Waals surface area (Å²) < 4.78 is 66.0. The number of aromatic nitrogens is 1. The summed E-state index contributed by atoms with van der Waals surface area (Å²) in [5, 5.41) is -0.0302. The maximum atomic E-state index is 14.0. The van der Waals surface area contributed by atoms with Crippen molar-refractivity contribution in [2.24, 2.45) is 11.7 Å². The zero-order valence-corrected chi connectivity index (χ0v) is 19.7. The highest BCUT2D eigenvalue weighted by Gasteiger charge is 2.44. The van der Waals surface area contributed by atoms with Crippen molar-refractivity contribution < 1.29 is 26.4 Å². The molecule has 184 valence electrons. The smallest absolute Gasteiger partial charge is 0.224 e. The molecule has 0 saturated carbocycles. The molecule has 1 amide bonds. The van der Waals surface area contributed by atoms with Crippen molar-refractivity contribution >= 4 is 15.7 Å². The Hall–Kier alpha value is -2.46. The van der Waals surface area contributed by atoms with Gasteiger partial charge in [-0.05, 0) is 68.7 Å². The molecule has 0 aliphatic carbocycles. The van der Waals surface area contributed by atoms with Gasteiger partial charge in [-0.15, -0.1) is 0 Å². The number of benzene rings is 1. The van der Waals surface area contributed by atoms with E-state index in [4.69, 9.17) is 5.73 Å². The topological polar surface area (TPSA) is 93.4 Å². The summed E-state index contributed by atoms with van der Waals surface area (Å²) in [7, 11) is -3.67. The van der Waals surface area contributed by atoms with Gasteiger partial charge in [-0.2, -0.15) is 0 Å². The lowest BCUT2D eigenvalue weighted by Crippen LogP contribution is -2.50. The van der Waals surface area contributed by atoms with E-state index >= 15 is 0 Å². The summed E-state index contributed by atoms with van der Waals surface area (Å²) in [5.74, 6) is -3.69. The molecule has 3 heterocycles. The lowest BCUT2D eigenvalue weighted by Gasteiger charge is -2.41. The molecular weight excluding hydrogens is 467 g/mol. The quantitative estimate of drug-likeness (QED) is 0.595. The van der Waals surface area contributed by atoms with Crippen LogP contribution < -0.4 is 5.73 Å². The molecule has 2 fully saturated rings. The first kappa shape index (κ1) is 24.7. The van der Waals surface area contributed by atoms with Crippen LogP contribution in [-0.2, 0) is 21.1 Å². The van der Waals surface area contributed by atoms with Gasteiger partial charge in [0.15, 0.2) is 26.5 Å². The summed E-state index contributed by atoms with van der Waals surface area (Å²) in [6, 6.07) is 5.56. The number of sulfone groups is 1. The molecule has 2 N–H and O–H groups in total. The molecule has 2 saturated heterocycles. The Balaban J connectivity index is 1.37. The number of pyridine rings is 1. The van der Waals surface area contributed by atoms with Crippen molar-refractivity contribution in [1.29, 1.82) is 0 Å². The van der Waals surface area contributed by atoms with Crippen LogP contribution in [0.1, 0.15) is 43.4 Å². The Labute approximate surface area is 197 Å². The second-order valence-electron chi connectivity index (χ2n) is 9.33. The molecule has 2 aliphatic heterocycles.